The molecule has 1 aliphatic carbocycles. The fraction of sp³-hybridized carbons (Fsp3) is 0.562. The Hall–Kier alpha value is -2.70. The molecule has 2 bridgehead atoms. The number of carbonyl (C=O) groups excluding carboxylic acids is 2. The van der Waals surface area contributed by atoms with Crippen LogP contribution in [-0.4, -0.2) is 54.0 Å². The van der Waals surface area contributed by atoms with Crippen LogP contribution in [0.3, 0.4) is 0 Å². The van der Waals surface area contributed by atoms with Gasteiger partial charge in [0, 0.05) is 51.4 Å². The summed E-state index contributed by atoms with van der Waals surface area (Å²) < 4.78 is 20.2. The van der Waals surface area contributed by atoms with Crippen molar-refractivity contribution in [2.24, 2.45) is 5.92 Å². The number of piperidine rings is 1. The molecule has 0 amide bonds. The van der Waals surface area contributed by atoms with Crippen molar-refractivity contribution in [2.45, 2.75) is 94.8 Å². The molecular formula is C32H40NO5+. The zero-order valence-electron chi connectivity index (χ0n) is 22.4. The van der Waals surface area contributed by atoms with E-state index in [2.05, 4.69) is 0 Å². The van der Waals surface area contributed by atoms with Crippen LogP contribution < -0.4 is 0 Å². The Bertz CT molecular complexity index is 1070. The zero-order chi connectivity index (χ0) is 26.2. The third kappa shape index (κ3) is 4.46. The second-order valence-corrected chi connectivity index (χ2v) is 11.8. The Morgan fingerprint density at radius 3 is 1.84 bits per heavy atom. The van der Waals surface area contributed by atoms with Crippen molar-refractivity contribution in [3.8, 4) is 0 Å². The van der Waals surface area contributed by atoms with Gasteiger partial charge in [-0.05, 0) is 24.0 Å². The number of hydrogen-bond acceptors (Lipinski definition) is 5. The molecule has 0 radical (unpaired) electrons. The second-order valence-electron chi connectivity index (χ2n) is 11.8. The molecule has 6 rings (SSSR count). The maximum atomic E-state index is 14.5. The largest absolute Gasteiger partial charge is 0.459 e. The van der Waals surface area contributed by atoms with Crippen molar-refractivity contribution in [3.63, 3.8) is 0 Å². The molecule has 3 unspecified atom stereocenters. The first kappa shape index (κ1) is 25.6. The maximum Gasteiger partial charge on any atom is 0.348 e. The Kier molecular flexibility index (Phi) is 7.04. The fourth-order valence-electron chi connectivity index (χ4n) is 7.74. The van der Waals surface area contributed by atoms with E-state index in [1.807, 2.05) is 60.7 Å². The van der Waals surface area contributed by atoms with E-state index in [0.29, 0.717) is 23.2 Å². The van der Waals surface area contributed by atoms with Crippen LogP contribution in [0.15, 0.2) is 60.7 Å². The molecular weight excluding hydrogens is 478 g/mol. The van der Waals surface area contributed by atoms with Crippen molar-refractivity contribution < 1.29 is 28.3 Å². The summed E-state index contributed by atoms with van der Waals surface area (Å²) in [5.74, 6) is -0.761. The number of benzene rings is 2. The molecule has 1 spiro atoms. The van der Waals surface area contributed by atoms with Gasteiger partial charge in [0.2, 0.25) is 11.9 Å². The molecule has 6 nitrogen and oxygen atoms in total. The van der Waals surface area contributed by atoms with Crippen LogP contribution in [0.1, 0.15) is 75.8 Å². The smallest absolute Gasteiger partial charge is 0.348 e. The first-order valence-electron chi connectivity index (χ1n) is 14.5. The number of ether oxygens (including phenoxy) is 3. The second kappa shape index (κ2) is 10.5. The van der Waals surface area contributed by atoms with E-state index in [1.165, 1.54) is 50.2 Å². The summed E-state index contributed by atoms with van der Waals surface area (Å²) in [4.78, 5) is 26.7. The standard InChI is InChI=1S/C32H40NO5/c1-23(34)36-30(24-11-10-12-24)38-32(25-13-4-2-5-14-25,26-15-6-3-7-16-26)31(35)37-29-21-27-17-18-28(22-29)33(27)19-8-9-20-33/h2-7,13-16,24,27-30H,8-12,17-22H2,1H3/q+1. The van der Waals surface area contributed by atoms with Gasteiger partial charge < -0.3 is 18.7 Å². The van der Waals surface area contributed by atoms with Crippen LogP contribution in [0.25, 0.3) is 0 Å². The van der Waals surface area contributed by atoms with Gasteiger partial charge in [-0.1, -0.05) is 67.1 Å². The summed E-state index contributed by atoms with van der Waals surface area (Å²) in [6.45, 7) is 3.96. The predicted molar refractivity (Wildman–Crippen MR) is 143 cm³/mol. The van der Waals surface area contributed by atoms with Crippen molar-refractivity contribution in [1.29, 1.82) is 0 Å². The topological polar surface area (TPSA) is 61.8 Å². The number of quaternary nitrogens is 1. The number of esters is 2. The summed E-state index contributed by atoms with van der Waals surface area (Å²) in [7, 11) is 0. The average molecular weight is 519 g/mol. The highest BCUT2D eigenvalue weighted by Gasteiger charge is 2.57. The molecule has 6 heteroatoms. The average Bonchev–Trinajstić information content (AvgIpc) is 3.43. The lowest BCUT2D eigenvalue weighted by Crippen LogP contribution is -2.60. The lowest BCUT2D eigenvalue weighted by atomic mass is 9.82. The number of carbonyl (C=O) groups is 2. The third-order valence-electron chi connectivity index (χ3n) is 9.79. The van der Waals surface area contributed by atoms with Gasteiger partial charge in [-0.15, -0.1) is 0 Å². The van der Waals surface area contributed by atoms with Gasteiger partial charge >= 0.3 is 11.9 Å². The van der Waals surface area contributed by atoms with E-state index < -0.39 is 23.8 Å². The molecule has 2 aromatic rings. The van der Waals surface area contributed by atoms with Gasteiger partial charge in [-0.3, -0.25) is 4.79 Å². The van der Waals surface area contributed by atoms with E-state index in [4.69, 9.17) is 14.2 Å². The van der Waals surface area contributed by atoms with Crippen LogP contribution in [-0.2, 0) is 29.4 Å². The molecule has 3 heterocycles. The molecule has 202 valence electrons. The Labute approximate surface area is 225 Å². The van der Waals surface area contributed by atoms with Crippen LogP contribution >= 0.6 is 0 Å². The molecule has 4 fully saturated rings. The lowest BCUT2D eigenvalue weighted by molar-refractivity contribution is -0.956. The summed E-state index contributed by atoms with van der Waals surface area (Å²) >= 11 is 0. The molecule has 3 aliphatic heterocycles. The van der Waals surface area contributed by atoms with Crippen LogP contribution in [0, 0.1) is 5.92 Å². The van der Waals surface area contributed by atoms with E-state index in [9.17, 15) is 9.59 Å². The van der Waals surface area contributed by atoms with Gasteiger partial charge in [-0.25, -0.2) is 4.79 Å². The fourth-order valence-corrected chi connectivity index (χ4v) is 7.74. The van der Waals surface area contributed by atoms with Gasteiger partial charge in [-0.2, -0.15) is 0 Å². The SMILES string of the molecule is CC(=O)OC(OC(C(=O)OC1CC2CCC(C1)[N+]21CCCC1)(c1ccccc1)c1ccccc1)C1CCC1. The van der Waals surface area contributed by atoms with Crippen molar-refractivity contribution in [2.75, 3.05) is 13.1 Å². The van der Waals surface area contributed by atoms with Crippen LogP contribution in [0.5, 0.6) is 0 Å². The minimum atomic E-state index is -1.53. The molecule has 3 saturated heterocycles. The highest BCUT2D eigenvalue weighted by molar-refractivity contribution is 5.86. The number of rotatable bonds is 8. The van der Waals surface area contributed by atoms with Crippen molar-refractivity contribution in [1.82, 2.24) is 0 Å². The van der Waals surface area contributed by atoms with Gasteiger partial charge in [0.1, 0.15) is 6.10 Å². The monoisotopic (exact) mass is 518 g/mol. The molecule has 4 aliphatic rings. The molecule has 1 saturated carbocycles. The van der Waals surface area contributed by atoms with E-state index in [-0.39, 0.29) is 12.0 Å². The summed E-state index contributed by atoms with van der Waals surface area (Å²) in [6.07, 6.45) is 8.83. The van der Waals surface area contributed by atoms with Gasteiger partial charge in [0.25, 0.3) is 0 Å². The lowest BCUT2D eigenvalue weighted by Gasteiger charge is -2.47. The molecule has 38 heavy (non-hydrogen) atoms. The summed E-state index contributed by atoms with van der Waals surface area (Å²) in [6, 6.07) is 20.3. The maximum absolute atomic E-state index is 14.5. The quantitative estimate of drug-likeness (QED) is 0.263. The normalized spacial score (nSPS) is 27.0. The minimum absolute atomic E-state index is 0.0588. The van der Waals surface area contributed by atoms with Gasteiger partial charge in [0.05, 0.1) is 25.2 Å². The number of nitrogens with zero attached hydrogens (tertiary/aromatic N) is 1. The Balaban J connectivity index is 1.35. The van der Waals surface area contributed by atoms with E-state index in [0.717, 1.165) is 32.1 Å². The first-order chi connectivity index (χ1) is 18.5. The zero-order valence-corrected chi connectivity index (χ0v) is 22.4. The van der Waals surface area contributed by atoms with Crippen LogP contribution in [0.4, 0.5) is 0 Å². The molecule has 3 atom stereocenters. The molecule has 2 aromatic carbocycles. The summed E-state index contributed by atoms with van der Waals surface area (Å²) in [5, 5.41) is 0. The highest BCUT2D eigenvalue weighted by atomic mass is 16.7. The Morgan fingerprint density at radius 2 is 1.37 bits per heavy atom. The van der Waals surface area contributed by atoms with Gasteiger partial charge in [0.15, 0.2) is 0 Å². The van der Waals surface area contributed by atoms with E-state index in [1.54, 1.807) is 0 Å². The molecule has 0 aromatic heterocycles. The summed E-state index contributed by atoms with van der Waals surface area (Å²) in [5.41, 5.74) is -0.154. The van der Waals surface area contributed by atoms with Crippen molar-refractivity contribution >= 4 is 11.9 Å². The first-order valence-corrected chi connectivity index (χ1v) is 14.5. The van der Waals surface area contributed by atoms with Crippen molar-refractivity contribution in [3.05, 3.63) is 71.8 Å². The highest BCUT2D eigenvalue weighted by Crippen LogP contribution is 2.47. The third-order valence-corrected chi connectivity index (χ3v) is 9.79. The minimum Gasteiger partial charge on any atom is -0.459 e. The Morgan fingerprint density at radius 1 is 0.816 bits per heavy atom. The molecule has 0 N–H and O–H groups in total. The van der Waals surface area contributed by atoms with E-state index >= 15 is 0 Å². The predicted octanol–water partition coefficient (Wildman–Crippen LogP) is 5.48. The number of hydrogen-bond donors (Lipinski definition) is 0. The van der Waals surface area contributed by atoms with Crippen LogP contribution in [0.2, 0.25) is 0 Å².